The van der Waals surface area contributed by atoms with Gasteiger partial charge in [-0.15, -0.1) is 0 Å². The number of morpholine rings is 1. The van der Waals surface area contributed by atoms with Crippen LogP contribution < -0.4 is 10.6 Å². The summed E-state index contributed by atoms with van der Waals surface area (Å²) in [5.74, 6) is 0.378. The molecule has 0 aliphatic carbocycles. The van der Waals surface area contributed by atoms with Gasteiger partial charge in [0.25, 0.3) is 0 Å². The molecule has 5 nitrogen and oxygen atoms in total. The summed E-state index contributed by atoms with van der Waals surface area (Å²) in [6.45, 7) is 2.96. The van der Waals surface area contributed by atoms with Gasteiger partial charge in [0.15, 0.2) is 0 Å². The van der Waals surface area contributed by atoms with Crippen LogP contribution in [0, 0.1) is 11.3 Å². The van der Waals surface area contributed by atoms with Crippen LogP contribution in [0.5, 0.6) is 0 Å². The van der Waals surface area contributed by atoms with Crippen LogP contribution in [0.2, 0.25) is 0 Å². The maximum atomic E-state index is 8.98. The van der Waals surface area contributed by atoms with E-state index >= 15 is 0 Å². The van der Waals surface area contributed by atoms with Gasteiger partial charge in [-0.05, 0) is 0 Å². The Bertz CT molecular complexity index is 393. The summed E-state index contributed by atoms with van der Waals surface area (Å²) < 4.78 is 5.25. The Kier molecular flexibility index (Phi) is 2.70. The van der Waals surface area contributed by atoms with Crippen molar-refractivity contribution in [2.45, 2.75) is 0 Å². The molecular formula is C10H12N4O. The molecule has 1 aliphatic rings. The van der Waals surface area contributed by atoms with Crippen molar-refractivity contribution in [3.63, 3.8) is 0 Å². The van der Waals surface area contributed by atoms with E-state index in [9.17, 15) is 0 Å². The molecule has 0 bridgehead atoms. The number of pyridine rings is 1. The van der Waals surface area contributed by atoms with Gasteiger partial charge in [0.05, 0.1) is 30.7 Å². The molecule has 1 fully saturated rings. The van der Waals surface area contributed by atoms with Crippen molar-refractivity contribution >= 4 is 11.5 Å². The average molecular weight is 204 g/mol. The van der Waals surface area contributed by atoms with Crippen LogP contribution in [-0.4, -0.2) is 31.3 Å². The van der Waals surface area contributed by atoms with Crippen LogP contribution in [0.25, 0.3) is 0 Å². The SMILES string of the molecule is N#Cc1cc(N)ncc1N1CCOCC1. The molecular weight excluding hydrogens is 192 g/mol. The fraction of sp³-hybridized carbons (Fsp3) is 0.400. The standard InChI is InChI=1S/C10H12N4O/c11-6-8-5-10(12)13-7-9(8)14-1-3-15-4-2-14/h5,7H,1-4H2,(H2,12,13). The van der Waals surface area contributed by atoms with E-state index in [1.54, 1.807) is 12.3 Å². The molecule has 0 atom stereocenters. The van der Waals surface area contributed by atoms with Crippen LogP contribution in [0.15, 0.2) is 12.3 Å². The lowest BCUT2D eigenvalue weighted by Gasteiger charge is -2.29. The average Bonchev–Trinajstić information content (AvgIpc) is 2.30. The molecule has 0 aromatic carbocycles. The Morgan fingerprint density at radius 1 is 1.47 bits per heavy atom. The second-order valence-corrected chi connectivity index (χ2v) is 3.34. The minimum atomic E-state index is 0.378. The summed E-state index contributed by atoms with van der Waals surface area (Å²) >= 11 is 0. The van der Waals surface area contributed by atoms with E-state index in [-0.39, 0.29) is 0 Å². The van der Waals surface area contributed by atoms with Crippen molar-refractivity contribution in [2.75, 3.05) is 36.9 Å². The second-order valence-electron chi connectivity index (χ2n) is 3.34. The van der Waals surface area contributed by atoms with Crippen LogP contribution in [0.4, 0.5) is 11.5 Å². The number of nitrogen functional groups attached to an aromatic ring is 1. The highest BCUT2D eigenvalue weighted by Gasteiger charge is 2.15. The maximum absolute atomic E-state index is 8.98. The van der Waals surface area contributed by atoms with E-state index in [0.717, 1.165) is 18.8 Å². The second kappa shape index (κ2) is 4.15. The first-order valence-electron chi connectivity index (χ1n) is 4.79. The van der Waals surface area contributed by atoms with E-state index in [1.165, 1.54) is 0 Å². The summed E-state index contributed by atoms with van der Waals surface area (Å²) in [7, 11) is 0. The van der Waals surface area contributed by atoms with E-state index in [0.29, 0.717) is 24.6 Å². The molecule has 0 saturated carbocycles. The fourth-order valence-corrected chi connectivity index (χ4v) is 1.61. The molecule has 2 rings (SSSR count). The zero-order valence-electron chi connectivity index (χ0n) is 8.31. The number of hydrogen-bond donors (Lipinski definition) is 1. The van der Waals surface area contributed by atoms with Crippen molar-refractivity contribution in [1.29, 1.82) is 5.26 Å². The van der Waals surface area contributed by atoms with Gasteiger partial charge in [-0.25, -0.2) is 4.98 Å². The number of aromatic nitrogens is 1. The van der Waals surface area contributed by atoms with Gasteiger partial charge in [-0.1, -0.05) is 0 Å². The van der Waals surface area contributed by atoms with Gasteiger partial charge >= 0.3 is 0 Å². The normalized spacial score (nSPS) is 16.1. The number of nitrogens with two attached hydrogens (primary N) is 1. The highest BCUT2D eigenvalue weighted by molar-refractivity contribution is 5.61. The molecule has 0 spiro atoms. The third-order valence-electron chi connectivity index (χ3n) is 2.38. The summed E-state index contributed by atoms with van der Waals surface area (Å²) in [5.41, 5.74) is 6.94. The first-order valence-corrected chi connectivity index (χ1v) is 4.79. The monoisotopic (exact) mass is 204 g/mol. The highest BCUT2D eigenvalue weighted by Crippen LogP contribution is 2.21. The summed E-state index contributed by atoms with van der Waals surface area (Å²) in [6.07, 6.45) is 1.65. The number of rotatable bonds is 1. The van der Waals surface area contributed by atoms with Crippen LogP contribution in [0.1, 0.15) is 5.56 Å². The molecule has 1 aliphatic heterocycles. The molecule has 1 aromatic rings. The predicted molar refractivity (Wildman–Crippen MR) is 56.4 cm³/mol. The van der Waals surface area contributed by atoms with E-state index < -0.39 is 0 Å². The molecule has 1 aromatic heterocycles. The third-order valence-corrected chi connectivity index (χ3v) is 2.38. The van der Waals surface area contributed by atoms with Crippen LogP contribution in [-0.2, 0) is 4.74 Å². The highest BCUT2D eigenvalue weighted by atomic mass is 16.5. The lowest BCUT2D eigenvalue weighted by Crippen LogP contribution is -2.36. The Balaban J connectivity index is 2.30. The van der Waals surface area contributed by atoms with Crippen molar-refractivity contribution in [2.24, 2.45) is 0 Å². The number of ether oxygens (including phenoxy) is 1. The Labute approximate surface area is 88.1 Å². The molecule has 2 heterocycles. The van der Waals surface area contributed by atoms with Crippen molar-refractivity contribution in [3.05, 3.63) is 17.8 Å². The quantitative estimate of drug-likeness (QED) is 0.715. The predicted octanol–water partition coefficient (Wildman–Crippen LogP) is 0.372. The first kappa shape index (κ1) is 9.74. The van der Waals surface area contributed by atoms with Gasteiger partial charge in [0.2, 0.25) is 0 Å². The van der Waals surface area contributed by atoms with Crippen molar-refractivity contribution in [3.8, 4) is 6.07 Å². The molecule has 0 unspecified atom stereocenters. The van der Waals surface area contributed by atoms with Gasteiger partial charge in [-0.2, -0.15) is 5.26 Å². The topological polar surface area (TPSA) is 75.2 Å². The van der Waals surface area contributed by atoms with E-state index in [1.807, 2.05) is 0 Å². The summed E-state index contributed by atoms with van der Waals surface area (Å²) in [4.78, 5) is 6.10. The third kappa shape index (κ3) is 2.00. The van der Waals surface area contributed by atoms with Crippen LogP contribution >= 0.6 is 0 Å². The number of hydrogen-bond acceptors (Lipinski definition) is 5. The zero-order valence-corrected chi connectivity index (χ0v) is 8.31. The lowest BCUT2D eigenvalue weighted by atomic mass is 10.2. The molecule has 15 heavy (non-hydrogen) atoms. The molecule has 5 heteroatoms. The fourth-order valence-electron chi connectivity index (χ4n) is 1.61. The molecule has 0 amide bonds. The van der Waals surface area contributed by atoms with Crippen LogP contribution in [0.3, 0.4) is 0 Å². The summed E-state index contributed by atoms with van der Waals surface area (Å²) in [5, 5.41) is 8.98. The van der Waals surface area contributed by atoms with Gasteiger partial charge in [-0.3, -0.25) is 0 Å². The first-order chi connectivity index (χ1) is 7.31. The maximum Gasteiger partial charge on any atom is 0.124 e. The number of anilines is 2. The van der Waals surface area contributed by atoms with Gasteiger partial charge < -0.3 is 15.4 Å². The van der Waals surface area contributed by atoms with Crippen molar-refractivity contribution in [1.82, 2.24) is 4.98 Å². The minimum Gasteiger partial charge on any atom is -0.384 e. The smallest absolute Gasteiger partial charge is 0.124 e. The minimum absolute atomic E-state index is 0.378. The zero-order chi connectivity index (χ0) is 10.7. The van der Waals surface area contributed by atoms with Gasteiger partial charge in [0, 0.05) is 19.2 Å². The Morgan fingerprint density at radius 2 is 2.20 bits per heavy atom. The lowest BCUT2D eigenvalue weighted by molar-refractivity contribution is 0.122. The largest absolute Gasteiger partial charge is 0.384 e. The number of nitrogens with zero attached hydrogens (tertiary/aromatic N) is 3. The molecule has 2 N–H and O–H groups in total. The van der Waals surface area contributed by atoms with E-state index in [4.69, 9.17) is 15.7 Å². The van der Waals surface area contributed by atoms with Crippen molar-refractivity contribution < 1.29 is 4.74 Å². The molecule has 1 saturated heterocycles. The molecule has 0 radical (unpaired) electrons. The van der Waals surface area contributed by atoms with Gasteiger partial charge in [0.1, 0.15) is 11.9 Å². The molecule has 78 valence electrons. The van der Waals surface area contributed by atoms with E-state index in [2.05, 4.69) is 16.0 Å². The Hall–Kier alpha value is -1.80. The summed E-state index contributed by atoms with van der Waals surface area (Å²) in [6, 6.07) is 3.73. The Morgan fingerprint density at radius 3 is 2.87 bits per heavy atom. The number of nitriles is 1.